The predicted molar refractivity (Wildman–Crippen MR) is 170 cm³/mol. The molecule has 238 valence electrons. The minimum absolute atomic E-state index is 0.0179. The van der Waals surface area contributed by atoms with Gasteiger partial charge >= 0.3 is 5.97 Å². The molecule has 0 spiro atoms. The highest BCUT2D eigenvalue weighted by molar-refractivity contribution is 7.89. The van der Waals surface area contributed by atoms with Gasteiger partial charge in [0.2, 0.25) is 10.0 Å². The summed E-state index contributed by atoms with van der Waals surface area (Å²) in [7, 11) is -2.10. The van der Waals surface area contributed by atoms with E-state index in [-0.39, 0.29) is 34.0 Å². The van der Waals surface area contributed by atoms with E-state index in [1.807, 2.05) is 26.0 Å². The first kappa shape index (κ1) is 35.0. The highest BCUT2D eigenvalue weighted by atomic mass is 32.2. The number of rotatable bonds is 16. The molecule has 1 aromatic rings. The maximum Gasteiger partial charge on any atom is 0.305 e. The highest BCUT2D eigenvalue weighted by Gasteiger charge is 2.55. The van der Waals surface area contributed by atoms with Crippen LogP contribution in [0.4, 0.5) is 0 Å². The van der Waals surface area contributed by atoms with Crippen LogP contribution in [0.25, 0.3) is 0 Å². The number of ether oxygens (including phenoxy) is 1. The van der Waals surface area contributed by atoms with Gasteiger partial charge in [0, 0.05) is 25.3 Å². The van der Waals surface area contributed by atoms with Crippen molar-refractivity contribution in [2.45, 2.75) is 109 Å². The maximum atomic E-state index is 12.6. The van der Waals surface area contributed by atoms with E-state index in [9.17, 15) is 23.4 Å². The number of fused-ring (bicyclic) bond motifs is 1. The normalized spacial score (nSPS) is 25.8. The van der Waals surface area contributed by atoms with Gasteiger partial charge in [-0.15, -0.1) is 11.8 Å². The van der Waals surface area contributed by atoms with Crippen molar-refractivity contribution in [1.29, 1.82) is 0 Å². The standard InChI is InChI=1S/C35H51NO6S/c1-5-6-12-27(3)32(37)20-19-30-31-23-28(13-8-9-14-34(39)42-4)24-35(31,25-33(30)38)21-10-7-11-22-36-43(40,41)29-17-15-26(2)16-18-29/h13,15-20,27,30-33,36-38H,7-12,14,21-25H2,1-4H3/b20-19+,28-13+/t27?,30-,31-,32-,33-,35+/m1/s1. The van der Waals surface area contributed by atoms with Gasteiger partial charge in [-0.25, -0.2) is 13.1 Å². The molecular formula is C35H51NO6S. The zero-order valence-electron chi connectivity index (χ0n) is 26.3. The molecule has 2 aliphatic rings. The number of hydrogen-bond acceptors (Lipinski definition) is 6. The zero-order valence-corrected chi connectivity index (χ0v) is 27.2. The maximum absolute atomic E-state index is 12.6. The number of allylic oxidation sites excluding steroid dienone is 2. The van der Waals surface area contributed by atoms with Crippen LogP contribution < -0.4 is 4.72 Å². The first-order valence-electron chi connectivity index (χ1n) is 15.8. The van der Waals surface area contributed by atoms with Gasteiger partial charge in [0.25, 0.3) is 0 Å². The number of unbranched alkanes of at least 4 members (excludes halogenated alkanes) is 3. The van der Waals surface area contributed by atoms with Crippen molar-refractivity contribution in [3.63, 3.8) is 0 Å². The van der Waals surface area contributed by atoms with Gasteiger partial charge in [-0.3, -0.25) is 4.79 Å². The van der Waals surface area contributed by atoms with E-state index in [1.54, 1.807) is 31.2 Å². The Bertz CT molecular complexity index is 1280. The Morgan fingerprint density at radius 3 is 2.65 bits per heavy atom. The first-order chi connectivity index (χ1) is 20.5. The number of benzene rings is 1. The van der Waals surface area contributed by atoms with Gasteiger partial charge in [0.1, 0.15) is 0 Å². The fraction of sp³-hybridized carbons (Fsp3) is 0.629. The molecule has 2 fully saturated rings. The second-order valence-electron chi connectivity index (χ2n) is 12.5. The number of carbonyl (C=O) groups is 1. The summed E-state index contributed by atoms with van der Waals surface area (Å²) in [5, 5.41) is 21.9. The van der Waals surface area contributed by atoms with Crippen molar-refractivity contribution >= 4 is 16.0 Å². The molecule has 0 aromatic heterocycles. The molecule has 3 rings (SSSR count). The minimum atomic E-state index is -3.52. The number of methoxy groups -OCH3 is 1. The fourth-order valence-electron chi connectivity index (χ4n) is 6.79. The van der Waals surface area contributed by atoms with Gasteiger partial charge in [-0.1, -0.05) is 61.3 Å². The third kappa shape index (κ3) is 10.0. The largest absolute Gasteiger partial charge is 0.469 e. The van der Waals surface area contributed by atoms with Crippen molar-refractivity contribution in [3.8, 4) is 11.8 Å². The molecule has 43 heavy (non-hydrogen) atoms. The summed E-state index contributed by atoms with van der Waals surface area (Å²) in [5.74, 6) is 6.01. The molecule has 8 heteroatoms. The van der Waals surface area contributed by atoms with Gasteiger partial charge in [-0.2, -0.15) is 0 Å². The summed E-state index contributed by atoms with van der Waals surface area (Å²) >= 11 is 0. The molecule has 7 nitrogen and oxygen atoms in total. The molecule has 0 radical (unpaired) electrons. The van der Waals surface area contributed by atoms with E-state index in [0.29, 0.717) is 19.4 Å². The number of carbonyl (C=O) groups excluding carboxylic acids is 1. The molecule has 2 saturated carbocycles. The van der Waals surface area contributed by atoms with Crippen LogP contribution in [0, 0.1) is 41.9 Å². The molecule has 1 unspecified atom stereocenters. The van der Waals surface area contributed by atoms with Crippen LogP contribution in [0.1, 0.15) is 90.0 Å². The monoisotopic (exact) mass is 613 g/mol. The van der Waals surface area contributed by atoms with Crippen LogP contribution in [0.3, 0.4) is 0 Å². The third-order valence-corrected chi connectivity index (χ3v) is 10.8. The summed E-state index contributed by atoms with van der Waals surface area (Å²) in [5.41, 5.74) is 2.39. The summed E-state index contributed by atoms with van der Waals surface area (Å²) in [6.45, 7) is 6.11. The lowest BCUT2D eigenvalue weighted by atomic mass is 9.74. The van der Waals surface area contributed by atoms with E-state index < -0.39 is 22.2 Å². The molecule has 0 heterocycles. The zero-order chi connectivity index (χ0) is 31.5. The van der Waals surface area contributed by atoms with Crippen LogP contribution in [-0.4, -0.2) is 50.5 Å². The number of aliphatic hydroxyl groups excluding tert-OH is 2. The van der Waals surface area contributed by atoms with E-state index >= 15 is 0 Å². The molecule has 2 aliphatic carbocycles. The van der Waals surface area contributed by atoms with Crippen LogP contribution in [0.15, 0.2) is 53.0 Å². The van der Waals surface area contributed by atoms with Crippen LogP contribution in [-0.2, 0) is 19.6 Å². The first-order valence-corrected chi connectivity index (χ1v) is 17.2. The number of sulfonamides is 1. The Balaban J connectivity index is 1.61. The average Bonchev–Trinajstić information content (AvgIpc) is 3.45. The van der Waals surface area contributed by atoms with Crippen LogP contribution in [0.2, 0.25) is 0 Å². The molecule has 0 aliphatic heterocycles. The minimum Gasteiger partial charge on any atom is -0.469 e. The Morgan fingerprint density at radius 1 is 1.21 bits per heavy atom. The molecule has 3 N–H and O–H groups in total. The van der Waals surface area contributed by atoms with Crippen LogP contribution in [0.5, 0.6) is 0 Å². The molecule has 0 saturated heterocycles. The Labute approximate surface area is 259 Å². The number of hydrogen-bond donors (Lipinski definition) is 3. The quantitative estimate of drug-likeness (QED) is 0.0934. The van der Waals surface area contributed by atoms with E-state index in [0.717, 1.165) is 63.4 Å². The average molecular weight is 614 g/mol. The van der Waals surface area contributed by atoms with Crippen LogP contribution >= 0.6 is 0 Å². The molecule has 0 amide bonds. The van der Waals surface area contributed by atoms with Crippen molar-refractivity contribution in [2.75, 3.05) is 13.7 Å². The van der Waals surface area contributed by atoms with Crippen molar-refractivity contribution in [3.05, 3.63) is 53.6 Å². The van der Waals surface area contributed by atoms with Gasteiger partial charge in [0.15, 0.2) is 0 Å². The van der Waals surface area contributed by atoms with Gasteiger partial charge in [0.05, 0.1) is 24.2 Å². The third-order valence-electron chi connectivity index (χ3n) is 9.31. The Morgan fingerprint density at radius 2 is 1.95 bits per heavy atom. The summed E-state index contributed by atoms with van der Waals surface area (Å²) in [6, 6.07) is 6.86. The molecular weight excluding hydrogens is 562 g/mol. The van der Waals surface area contributed by atoms with E-state index in [2.05, 4.69) is 22.6 Å². The lowest BCUT2D eigenvalue weighted by molar-refractivity contribution is -0.140. The fourth-order valence-corrected chi connectivity index (χ4v) is 7.87. The summed E-state index contributed by atoms with van der Waals surface area (Å²) < 4.78 is 32.7. The van der Waals surface area contributed by atoms with Crippen molar-refractivity contribution in [2.24, 2.45) is 23.2 Å². The van der Waals surface area contributed by atoms with Gasteiger partial charge < -0.3 is 14.9 Å². The highest BCUT2D eigenvalue weighted by Crippen LogP contribution is 2.61. The Hall–Kier alpha value is -2.44. The van der Waals surface area contributed by atoms with Gasteiger partial charge in [-0.05, 0) is 88.2 Å². The predicted octanol–water partition coefficient (Wildman–Crippen LogP) is 5.85. The van der Waals surface area contributed by atoms with Crippen molar-refractivity contribution < 1.29 is 28.2 Å². The lowest BCUT2D eigenvalue weighted by Gasteiger charge is -2.30. The topological polar surface area (TPSA) is 113 Å². The number of esters is 1. The number of aliphatic hydroxyl groups is 2. The summed E-state index contributed by atoms with van der Waals surface area (Å²) in [6.07, 6.45) is 13.8. The second kappa shape index (κ2) is 16.6. The van der Waals surface area contributed by atoms with Crippen molar-refractivity contribution in [1.82, 2.24) is 4.72 Å². The van der Waals surface area contributed by atoms with E-state index in [1.165, 1.54) is 12.7 Å². The molecule has 0 bridgehead atoms. The number of nitrogens with one attached hydrogen (secondary N) is 1. The lowest BCUT2D eigenvalue weighted by Crippen LogP contribution is -2.25. The number of aryl methyl sites for hydroxylation is 1. The SMILES string of the molecule is CC#CCC(C)[C@H](O)/C=C/[C@H]1[C@H](O)C[C@]2(CCCCCNS(=O)(=O)c3ccc(C)cc3)C/C(=C/CCCC(=O)OC)C[C@H]12. The summed E-state index contributed by atoms with van der Waals surface area (Å²) in [4.78, 5) is 11.8. The Kier molecular flexibility index (Phi) is 13.5. The van der Waals surface area contributed by atoms with E-state index in [4.69, 9.17) is 4.74 Å². The smallest absolute Gasteiger partial charge is 0.305 e. The second-order valence-corrected chi connectivity index (χ2v) is 14.3. The molecule has 6 atom stereocenters. The molecule has 1 aromatic carbocycles.